The second kappa shape index (κ2) is 5.25. The fourth-order valence-electron chi connectivity index (χ4n) is 1.69. The van der Waals surface area contributed by atoms with Gasteiger partial charge in [0.1, 0.15) is 5.69 Å². The van der Waals surface area contributed by atoms with Crippen LogP contribution in [0.5, 0.6) is 0 Å². The Labute approximate surface area is 110 Å². The Morgan fingerprint density at radius 3 is 2.83 bits per heavy atom. The molecule has 0 bridgehead atoms. The molecule has 5 heteroatoms. The fourth-order valence-corrected chi connectivity index (χ4v) is 1.94. The first-order valence-electron chi connectivity index (χ1n) is 5.43. The number of aliphatic hydroxyl groups excluding tert-OH is 1. The van der Waals surface area contributed by atoms with Crippen LogP contribution in [0.3, 0.4) is 0 Å². The van der Waals surface area contributed by atoms with Gasteiger partial charge in [0.2, 0.25) is 0 Å². The van der Waals surface area contributed by atoms with Gasteiger partial charge in [-0.15, -0.1) is 0 Å². The minimum Gasteiger partial charge on any atom is -0.392 e. The first kappa shape index (κ1) is 12.7. The summed E-state index contributed by atoms with van der Waals surface area (Å²) in [4.78, 5) is 12.0. The van der Waals surface area contributed by atoms with Gasteiger partial charge in [-0.2, -0.15) is 0 Å². The van der Waals surface area contributed by atoms with Crippen LogP contribution in [-0.2, 0) is 13.7 Å². The van der Waals surface area contributed by atoms with E-state index >= 15 is 0 Å². The van der Waals surface area contributed by atoms with Gasteiger partial charge in [0.25, 0.3) is 5.91 Å². The molecule has 0 saturated heterocycles. The van der Waals surface area contributed by atoms with E-state index in [0.717, 1.165) is 5.56 Å². The molecule has 4 nitrogen and oxygen atoms in total. The summed E-state index contributed by atoms with van der Waals surface area (Å²) in [6.07, 6.45) is 1.67. The number of hydrogen-bond acceptors (Lipinski definition) is 2. The van der Waals surface area contributed by atoms with Gasteiger partial charge in [-0.3, -0.25) is 4.79 Å². The van der Waals surface area contributed by atoms with Crippen LogP contribution in [0.2, 0.25) is 5.02 Å². The number of rotatable bonds is 3. The molecule has 0 aliphatic carbocycles. The number of anilines is 1. The summed E-state index contributed by atoms with van der Waals surface area (Å²) in [6.45, 7) is -0.0559. The molecule has 0 unspecified atom stereocenters. The van der Waals surface area contributed by atoms with Crippen molar-refractivity contribution >= 4 is 23.2 Å². The van der Waals surface area contributed by atoms with Crippen molar-refractivity contribution in [1.29, 1.82) is 0 Å². The zero-order valence-electron chi connectivity index (χ0n) is 9.85. The van der Waals surface area contributed by atoms with E-state index in [1.807, 2.05) is 0 Å². The van der Waals surface area contributed by atoms with E-state index in [0.29, 0.717) is 16.4 Å². The van der Waals surface area contributed by atoms with Gasteiger partial charge in [-0.1, -0.05) is 23.7 Å². The highest BCUT2D eigenvalue weighted by atomic mass is 35.5. The second-order valence-electron chi connectivity index (χ2n) is 3.97. The van der Waals surface area contributed by atoms with Gasteiger partial charge in [0.05, 0.1) is 11.6 Å². The normalized spacial score (nSPS) is 10.4. The van der Waals surface area contributed by atoms with E-state index in [4.69, 9.17) is 16.7 Å². The molecule has 1 heterocycles. The smallest absolute Gasteiger partial charge is 0.272 e. The number of amides is 1. The molecule has 0 fully saturated rings. The molecular formula is C13H13ClN2O2. The van der Waals surface area contributed by atoms with Crippen LogP contribution in [0.4, 0.5) is 5.69 Å². The molecule has 94 valence electrons. The molecule has 1 amide bonds. The maximum absolute atomic E-state index is 12.0. The summed E-state index contributed by atoms with van der Waals surface area (Å²) in [5.41, 5.74) is 1.87. The molecule has 0 saturated carbocycles. The Kier molecular flexibility index (Phi) is 3.69. The van der Waals surface area contributed by atoms with E-state index in [1.165, 1.54) is 0 Å². The van der Waals surface area contributed by atoms with E-state index in [-0.39, 0.29) is 12.5 Å². The Morgan fingerprint density at radius 1 is 1.44 bits per heavy atom. The third-order valence-electron chi connectivity index (χ3n) is 2.57. The Balaban J connectivity index is 2.18. The second-order valence-corrected chi connectivity index (χ2v) is 4.40. The SMILES string of the molecule is Cn1cc(Cl)cc1C(=O)Nc1cccc(CO)c1. The largest absolute Gasteiger partial charge is 0.392 e. The molecule has 18 heavy (non-hydrogen) atoms. The summed E-state index contributed by atoms with van der Waals surface area (Å²) < 4.78 is 1.66. The topological polar surface area (TPSA) is 54.3 Å². The molecule has 2 aromatic rings. The number of aromatic nitrogens is 1. The van der Waals surface area contributed by atoms with Crippen molar-refractivity contribution in [3.8, 4) is 0 Å². The third-order valence-corrected chi connectivity index (χ3v) is 2.78. The van der Waals surface area contributed by atoms with E-state index < -0.39 is 0 Å². The van der Waals surface area contributed by atoms with Gasteiger partial charge < -0.3 is 15.0 Å². The first-order chi connectivity index (χ1) is 8.60. The van der Waals surface area contributed by atoms with E-state index in [2.05, 4.69) is 5.32 Å². The maximum atomic E-state index is 12.0. The number of carbonyl (C=O) groups excluding carboxylic acids is 1. The van der Waals surface area contributed by atoms with Crippen molar-refractivity contribution in [2.75, 3.05) is 5.32 Å². The molecule has 0 aliphatic rings. The summed E-state index contributed by atoms with van der Waals surface area (Å²) in [6, 6.07) is 8.66. The first-order valence-corrected chi connectivity index (χ1v) is 5.81. The van der Waals surface area contributed by atoms with Crippen molar-refractivity contribution in [3.63, 3.8) is 0 Å². The molecule has 2 rings (SSSR count). The zero-order chi connectivity index (χ0) is 13.1. The summed E-state index contributed by atoms with van der Waals surface area (Å²) in [7, 11) is 1.75. The quantitative estimate of drug-likeness (QED) is 0.895. The monoisotopic (exact) mass is 264 g/mol. The van der Waals surface area contributed by atoms with Crippen LogP contribution < -0.4 is 5.32 Å². The van der Waals surface area contributed by atoms with Crippen LogP contribution in [0.25, 0.3) is 0 Å². The third kappa shape index (κ3) is 2.72. The van der Waals surface area contributed by atoms with Crippen LogP contribution in [-0.4, -0.2) is 15.6 Å². The highest BCUT2D eigenvalue weighted by molar-refractivity contribution is 6.31. The predicted molar refractivity (Wildman–Crippen MR) is 70.7 cm³/mol. The lowest BCUT2D eigenvalue weighted by molar-refractivity contribution is 0.101. The molecular weight excluding hydrogens is 252 g/mol. The maximum Gasteiger partial charge on any atom is 0.272 e. The number of hydrogen-bond donors (Lipinski definition) is 2. The molecule has 0 aliphatic heterocycles. The molecule has 0 atom stereocenters. The highest BCUT2D eigenvalue weighted by Gasteiger charge is 2.11. The lowest BCUT2D eigenvalue weighted by atomic mass is 10.2. The van der Waals surface area contributed by atoms with Crippen LogP contribution in [0.15, 0.2) is 36.5 Å². The summed E-state index contributed by atoms with van der Waals surface area (Å²) in [5, 5.41) is 12.3. The van der Waals surface area contributed by atoms with Crippen molar-refractivity contribution in [2.45, 2.75) is 6.61 Å². The minimum atomic E-state index is -0.237. The minimum absolute atomic E-state index is 0.0559. The van der Waals surface area contributed by atoms with Crippen LogP contribution in [0, 0.1) is 0 Å². The lowest BCUT2D eigenvalue weighted by Crippen LogP contribution is -2.15. The van der Waals surface area contributed by atoms with E-state index in [9.17, 15) is 4.79 Å². The standard InChI is InChI=1S/C13H13ClN2O2/c1-16-7-10(14)6-12(16)13(18)15-11-4-2-3-9(5-11)8-17/h2-7,17H,8H2,1H3,(H,15,18). The molecule has 1 aromatic heterocycles. The van der Waals surface area contributed by atoms with Gasteiger partial charge in [0, 0.05) is 18.9 Å². The van der Waals surface area contributed by atoms with Gasteiger partial charge in [-0.05, 0) is 23.8 Å². The lowest BCUT2D eigenvalue weighted by Gasteiger charge is -2.07. The molecule has 0 spiro atoms. The molecule has 2 N–H and O–H groups in total. The Hall–Kier alpha value is -1.78. The Morgan fingerprint density at radius 2 is 2.22 bits per heavy atom. The van der Waals surface area contributed by atoms with Gasteiger partial charge >= 0.3 is 0 Å². The van der Waals surface area contributed by atoms with Crippen molar-refractivity contribution < 1.29 is 9.90 Å². The summed E-state index contributed by atoms with van der Waals surface area (Å²) in [5.74, 6) is -0.237. The van der Waals surface area contributed by atoms with Crippen molar-refractivity contribution in [1.82, 2.24) is 4.57 Å². The van der Waals surface area contributed by atoms with Crippen molar-refractivity contribution in [3.05, 3.63) is 52.8 Å². The van der Waals surface area contributed by atoms with Crippen LogP contribution in [0.1, 0.15) is 16.1 Å². The number of aliphatic hydroxyl groups is 1. The van der Waals surface area contributed by atoms with E-state index in [1.54, 1.807) is 48.1 Å². The Bertz CT molecular complexity index is 578. The average Bonchev–Trinajstić information content (AvgIpc) is 2.69. The number of carbonyl (C=O) groups is 1. The number of benzene rings is 1. The predicted octanol–water partition coefficient (Wildman–Crippen LogP) is 2.42. The highest BCUT2D eigenvalue weighted by Crippen LogP contribution is 2.16. The van der Waals surface area contributed by atoms with Crippen LogP contribution >= 0.6 is 11.6 Å². The number of nitrogens with zero attached hydrogens (tertiary/aromatic N) is 1. The molecule has 0 radical (unpaired) electrons. The average molecular weight is 265 g/mol. The van der Waals surface area contributed by atoms with Gasteiger partial charge in [-0.25, -0.2) is 0 Å². The summed E-state index contributed by atoms with van der Waals surface area (Å²) >= 11 is 5.83. The van der Waals surface area contributed by atoms with Crippen molar-refractivity contribution in [2.24, 2.45) is 7.05 Å². The van der Waals surface area contributed by atoms with Gasteiger partial charge in [0.15, 0.2) is 0 Å². The fraction of sp³-hybridized carbons (Fsp3) is 0.154. The zero-order valence-corrected chi connectivity index (χ0v) is 10.6. The number of halogens is 1. The number of nitrogens with one attached hydrogen (secondary N) is 1. The molecule has 1 aromatic carbocycles. The number of aryl methyl sites for hydroxylation is 1.